The van der Waals surface area contributed by atoms with E-state index in [0.29, 0.717) is 17.8 Å². The first-order chi connectivity index (χ1) is 12.0. The second-order valence-electron chi connectivity index (χ2n) is 6.34. The molecule has 0 aliphatic carbocycles. The van der Waals surface area contributed by atoms with Crippen LogP contribution in [0, 0.1) is 6.92 Å². The second-order valence-corrected chi connectivity index (χ2v) is 6.34. The van der Waals surface area contributed by atoms with Gasteiger partial charge in [-0.25, -0.2) is 4.79 Å². The summed E-state index contributed by atoms with van der Waals surface area (Å²) in [6.45, 7) is 6.04. The van der Waals surface area contributed by atoms with E-state index in [1.165, 1.54) is 12.8 Å². The number of rotatable bonds is 4. The van der Waals surface area contributed by atoms with Crippen molar-refractivity contribution in [2.45, 2.75) is 26.4 Å². The highest BCUT2D eigenvalue weighted by molar-refractivity contribution is 5.96. The third kappa shape index (κ3) is 3.58. The van der Waals surface area contributed by atoms with E-state index in [1.54, 1.807) is 18.2 Å². The summed E-state index contributed by atoms with van der Waals surface area (Å²) in [5, 5.41) is 2.92. The molecular weight excluding hydrogens is 318 g/mol. The molecule has 1 unspecified atom stereocenters. The highest BCUT2D eigenvalue weighted by atomic mass is 16.5. The standard InChI is InChI=1S/C19H23N3O3/c1-13-6-7-15(19(24)25-3)11-16(13)20-18(23)12-22-10-9-21-8-4-5-17(21)14(22)2/h4-8,11,14H,9-10,12H2,1-3H3,(H,20,23). The smallest absolute Gasteiger partial charge is 0.337 e. The lowest BCUT2D eigenvalue weighted by Gasteiger charge is -2.34. The SMILES string of the molecule is COC(=O)c1ccc(C)c(NC(=O)CN2CCn3cccc3C2C)c1. The Morgan fingerprint density at radius 2 is 2.08 bits per heavy atom. The molecule has 25 heavy (non-hydrogen) atoms. The number of aromatic nitrogens is 1. The summed E-state index contributed by atoms with van der Waals surface area (Å²) >= 11 is 0. The largest absolute Gasteiger partial charge is 0.465 e. The van der Waals surface area contributed by atoms with Crippen LogP contribution in [0.2, 0.25) is 0 Å². The number of hydrogen-bond acceptors (Lipinski definition) is 4. The van der Waals surface area contributed by atoms with Crippen molar-refractivity contribution in [3.8, 4) is 0 Å². The highest BCUT2D eigenvalue weighted by Crippen LogP contribution is 2.25. The first kappa shape index (κ1) is 17.2. The zero-order valence-electron chi connectivity index (χ0n) is 14.8. The third-order valence-electron chi connectivity index (χ3n) is 4.75. The van der Waals surface area contributed by atoms with Crippen molar-refractivity contribution in [3.05, 3.63) is 53.3 Å². The molecule has 6 heteroatoms. The van der Waals surface area contributed by atoms with Gasteiger partial charge < -0.3 is 14.6 Å². The summed E-state index contributed by atoms with van der Waals surface area (Å²) in [5.41, 5.74) is 3.19. The molecule has 0 radical (unpaired) electrons. The fraction of sp³-hybridized carbons (Fsp3) is 0.368. The summed E-state index contributed by atoms with van der Waals surface area (Å²) in [4.78, 5) is 26.3. The number of carbonyl (C=O) groups excluding carboxylic acids is 2. The quantitative estimate of drug-likeness (QED) is 0.868. The Bertz CT molecular complexity index is 797. The highest BCUT2D eigenvalue weighted by Gasteiger charge is 2.25. The molecule has 0 saturated carbocycles. The number of nitrogens with zero attached hydrogens (tertiary/aromatic N) is 2. The van der Waals surface area contributed by atoms with Gasteiger partial charge in [-0.05, 0) is 43.7 Å². The van der Waals surface area contributed by atoms with E-state index in [4.69, 9.17) is 4.74 Å². The molecule has 0 fully saturated rings. The van der Waals surface area contributed by atoms with Crippen molar-refractivity contribution in [3.63, 3.8) is 0 Å². The Labute approximate surface area is 147 Å². The summed E-state index contributed by atoms with van der Waals surface area (Å²) in [5.74, 6) is -0.502. The molecule has 1 atom stereocenters. The molecule has 132 valence electrons. The van der Waals surface area contributed by atoms with Crippen LogP contribution in [-0.2, 0) is 16.1 Å². The minimum atomic E-state index is -0.416. The van der Waals surface area contributed by atoms with Gasteiger partial charge in [-0.3, -0.25) is 9.69 Å². The molecule has 0 saturated heterocycles. The molecule has 1 amide bonds. The normalized spacial score (nSPS) is 17.0. The Morgan fingerprint density at radius 1 is 1.28 bits per heavy atom. The molecule has 2 aromatic rings. The number of fused-ring (bicyclic) bond motifs is 1. The number of anilines is 1. The molecular formula is C19H23N3O3. The molecule has 6 nitrogen and oxygen atoms in total. The molecule has 0 spiro atoms. The Hall–Kier alpha value is -2.60. The van der Waals surface area contributed by atoms with E-state index in [0.717, 1.165) is 18.7 Å². The van der Waals surface area contributed by atoms with Crippen LogP contribution in [0.4, 0.5) is 5.69 Å². The predicted octanol–water partition coefficient (Wildman–Crippen LogP) is 2.60. The molecule has 1 aromatic heterocycles. The molecule has 3 rings (SSSR count). The number of nitrogens with one attached hydrogen (secondary N) is 1. The lowest BCUT2D eigenvalue weighted by Crippen LogP contribution is -2.41. The maximum absolute atomic E-state index is 12.5. The van der Waals surface area contributed by atoms with Gasteiger partial charge in [-0.15, -0.1) is 0 Å². The number of aryl methyl sites for hydroxylation is 1. The average molecular weight is 341 g/mol. The first-order valence-corrected chi connectivity index (χ1v) is 8.37. The van der Waals surface area contributed by atoms with Gasteiger partial charge in [0.05, 0.1) is 19.2 Å². The minimum Gasteiger partial charge on any atom is -0.465 e. The number of carbonyl (C=O) groups is 2. The third-order valence-corrected chi connectivity index (χ3v) is 4.75. The van der Waals surface area contributed by atoms with Crippen molar-refractivity contribution in [1.82, 2.24) is 9.47 Å². The van der Waals surface area contributed by atoms with E-state index in [9.17, 15) is 9.59 Å². The molecule has 1 aliphatic heterocycles. The molecule has 1 aromatic carbocycles. The van der Waals surface area contributed by atoms with E-state index in [2.05, 4.69) is 34.0 Å². The lowest BCUT2D eigenvalue weighted by molar-refractivity contribution is -0.118. The second kappa shape index (κ2) is 7.11. The molecule has 1 N–H and O–H groups in total. The topological polar surface area (TPSA) is 63.6 Å². The fourth-order valence-electron chi connectivity index (χ4n) is 3.22. The van der Waals surface area contributed by atoms with Crippen LogP contribution in [-0.4, -0.2) is 41.5 Å². The molecule has 1 aliphatic rings. The number of amides is 1. The Morgan fingerprint density at radius 3 is 2.84 bits per heavy atom. The van der Waals surface area contributed by atoms with Crippen LogP contribution >= 0.6 is 0 Å². The summed E-state index contributed by atoms with van der Waals surface area (Å²) in [6.07, 6.45) is 2.07. The minimum absolute atomic E-state index is 0.0861. The fourth-order valence-corrected chi connectivity index (χ4v) is 3.22. The zero-order valence-corrected chi connectivity index (χ0v) is 14.8. The average Bonchev–Trinajstić information content (AvgIpc) is 3.08. The number of benzene rings is 1. The number of ether oxygens (including phenoxy) is 1. The van der Waals surface area contributed by atoms with Gasteiger partial charge in [-0.1, -0.05) is 6.07 Å². The predicted molar refractivity (Wildman–Crippen MR) is 95.6 cm³/mol. The Balaban J connectivity index is 1.68. The summed E-state index contributed by atoms with van der Waals surface area (Å²) in [7, 11) is 1.34. The Kier molecular flexibility index (Phi) is 4.90. The van der Waals surface area contributed by atoms with Gasteiger partial charge in [0, 0.05) is 36.7 Å². The van der Waals surface area contributed by atoms with Gasteiger partial charge in [0.2, 0.25) is 5.91 Å². The van der Waals surface area contributed by atoms with Crippen molar-refractivity contribution in [2.24, 2.45) is 0 Å². The molecule has 2 heterocycles. The van der Waals surface area contributed by atoms with Crippen LogP contribution in [0.5, 0.6) is 0 Å². The number of esters is 1. The zero-order chi connectivity index (χ0) is 18.0. The van der Waals surface area contributed by atoms with Crippen molar-refractivity contribution >= 4 is 17.6 Å². The maximum Gasteiger partial charge on any atom is 0.337 e. The first-order valence-electron chi connectivity index (χ1n) is 8.37. The number of hydrogen-bond donors (Lipinski definition) is 1. The monoisotopic (exact) mass is 341 g/mol. The van der Waals surface area contributed by atoms with Crippen molar-refractivity contribution in [1.29, 1.82) is 0 Å². The van der Waals surface area contributed by atoms with Gasteiger partial charge in [0.15, 0.2) is 0 Å². The van der Waals surface area contributed by atoms with E-state index in [-0.39, 0.29) is 11.9 Å². The van der Waals surface area contributed by atoms with E-state index in [1.807, 2.05) is 13.0 Å². The summed E-state index contributed by atoms with van der Waals surface area (Å²) < 4.78 is 6.96. The van der Waals surface area contributed by atoms with Crippen LogP contribution in [0.15, 0.2) is 36.5 Å². The maximum atomic E-state index is 12.5. The molecule has 0 bridgehead atoms. The van der Waals surface area contributed by atoms with Gasteiger partial charge in [-0.2, -0.15) is 0 Å². The van der Waals surface area contributed by atoms with Crippen LogP contribution in [0.1, 0.15) is 34.6 Å². The van der Waals surface area contributed by atoms with Crippen LogP contribution in [0.25, 0.3) is 0 Å². The number of methoxy groups -OCH3 is 1. The van der Waals surface area contributed by atoms with Gasteiger partial charge in [0.25, 0.3) is 0 Å². The van der Waals surface area contributed by atoms with Crippen molar-refractivity contribution in [2.75, 3.05) is 25.5 Å². The summed E-state index contributed by atoms with van der Waals surface area (Å²) in [6, 6.07) is 9.48. The van der Waals surface area contributed by atoms with Gasteiger partial charge in [0.1, 0.15) is 0 Å². The van der Waals surface area contributed by atoms with E-state index >= 15 is 0 Å². The lowest BCUT2D eigenvalue weighted by atomic mass is 10.1. The van der Waals surface area contributed by atoms with Crippen LogP contribution in [0.3, 0.4) is 0 Å². The van der Waals surface area contributed by atoms with E-state index < -0.39 is 5.97 Å². The van der Waals surface area contributed by atoms with Crippen molar-refractivity contribution < 1.29 is 14.3 Å². The van der Waals surface area contributed by atoms with Gasteiger partial charge >= 0.3 is 5.97 Å². The van der Waals surface area contributed by atoms with Crippen LogP contribution < -0.4 is 5.32 Å².